The van der Waals surface area contributed by atoms with Gasteiger partial charge in [0.15, 0.2) is 0 Å². The van der Waals surface area contributed by atoms with Gasteiger partial charge in [0, 0.05) is 32.2 Å². The van der Waals surface area contributed by atoms with E-state index in [1.807, 2.05) is 18.7 Å². The number of likely N-dealkylation sites (tertiary alicyclic amines) is 1. The average Bonchev–Trinajstić information content (AvgIpc) is 2.26. The molecule has 1 unspecified atom stereocenters. The number of hydrogen-bond acceptors (Lipinski definition) is 3. The number of nitrogens with two attached hydrogens (primary N) is 1. The third-order valence-corrected chi connectivity index (χ3v) is 3.26. The molecule has 0 radical (unpaired) electrons. The van der Waals surface area contributed by atoms with Crippen LogP contribution in [0.25, 0.3) is 0 Å². The molecule has 0 aromatic heterocycles. The van der Waals surface area contributed by atoms with E-state index >= 15 is 0 Å². The molecular weight excluding hydrogens is 216 g/mol. The maximum absolute atomic E-state index is 12.0. The van der Waals surface area contributed by atoms with Crippen molar-refractivity contribution in [3.8, 4) is 0 Å². The first-order chi connectivity index (χ1) is 7.92. The quantitative estimate of drug-likeness (QED) is 0.792. The molecule has 1 aliphatic rings. The Bertz CT molecular complexity index is 246. The van der Waals surface area contributed by atoms with E-state index < -0.39 is 0 Å². The number of carbonyl (C=O) groups excluding carboxylic acids is 1. The number of ether oxygens (including phenoxy) is 1. The van der Waals surface area contributed by atoms with Crippen LogP contribution in [-0.4, -0.2) is 43.2 Å². The van der Waals surface area contributed by atoms with Crippen LogP contribution >= 0.6 is 0 Å². The number of amides is 1. The zero-order valence-electron chi connectivity index (χ0n) is 11.4. The maximum atomic E-state index is 12.0. The molecule has 1 amide bonds. The predicted octanol–water partition coefficient (Wildman–Crippen LogP) is 1.39. The van der Waals surface area contributed by atoms with E-state index in [0.717, 1.165) is 32.5 Å². The van der Waals surface area contributed by atoms with Crippen molar-refractivity contribution in [1.29, 1.82) is 0 Å². The van der Waals surface area contributed by atoms with Crippen LogP contribution in [0, 0.1) is 5.92 Å². The number of piperidine rings is 1. The van der Waals surface area contributed by atoms with Gasteiger partial charge in [-0.2, -0.15) is 0 Å². The Hall–Kier alpha value is -0.610. The van der Waals surface area contributed by atoms with Crippen LogP contribution in [0.15, 0.2) is 0 Å². The molecule has 100 valence electrons. The molecule has 1 aliphatic heterocycles. The van der Waals surface area contributed by atoms with Crippen LogP contribution in [0.2, 0.25) is 0 Å². The van der Waals surface area contributed by atoms with Gasteiger partial charge in [-0.25, -0.2) is 0 Å². The summed E-state index contributed by atoms with van der Waals surface area (Å²) in [5.74, 6) is 0.743. The highest BCUT2D eigenvalue weighted by molar-refractivity contribution is 5.76. The molecule has 0 aromatic carbocycles. The molecule has 0 spiro atoms. The fraction of sp³-hybridized carbons (Fsp3) is 0.923. The summed E-state index contributed by atoms with van der Waals surface area (Å²) < 4.78 is 5.17. The molecular formula is C13H26N2O2. The molecule has 0 aliphatic carbocycles. The fourth-order valence-electron chi connectivity index (χ4n) is 2.25. The van der Waals surface area contributed by atoms with E-state index in [0.29, 0.717) is 12.3 Å². The summed E-state index contributed by atoms with van der Waals surface area (Å²) in [6.45, 7) is 6.42. The molecule has 1 heterocycles. The number of methoxy groups -OCH3 is 1. The molecule has 4 nitrogen and oxygen atoms in total. The van der Waals surface area contributed by atoms with Crippen molar-refractivity contribution in [2.45, 2.75) is 45.1 Å². The van der Waals surface area contributed by atoms with Gasteiger partial charge in [-0.1, -0.05) is 0 Å². The highest BCUT2D eigenvalue weighted by atomic mass is 16.5. The van der Waals surface area contributed by atoms with E-state index in [-0.39, 0.29) is 11.4 Å². The molecule has 0 aromatic rings. The highest BCUT2D eigenvalue weighted by Gasteiger charge is 2.24. The topological polar surface area (TPSA) is 55.6 Å². The second-order valence-corrected chi connectivity index (χ2v) is 5.79. The smallest absolute Gasteiger partial charge is 0.222 e. The third-order valence-electron chi connectivity index (χ3n) is 3.26. The van der Waals surface area contributed by atoms with Gasteiger partial charge in [-0.05, 0) is 39.0 Å². The SMILES string of the molecule is COCC1CCCN(C(=O)CCC(C)(C)N)C1. The van der Waals surface area contributed by atoms with E-state index in [2.05, 4.69) is 0 Å². The molecule has 17 heavy (non-hydrogen) atoms. The standard InChI is InChI=1S/C13H26N2O2/c1-13(2,14)7-6-12(16)15-8-4-5-11(9-15)10-17-3/h11H,4-10,14H2,1-3H3. The summed E-state index contributed by atoms with van der Waals surface area (Å²) in [6, 6.07) is 0. The summed E-state index contributed by atoms with van der Waals surface area (Å²) in [5, 5.41) is 0. The number of hydrogen-bond donors (Lipinski definition) is 1. The van der Waals surface area contributed by atoms with Crippen LogP contribution in [0.3, 0.4) is 0 Å². The summed E-state index contributed by atoms with van der Waals surface area (Å²) >= 11 is 0. The molecule has 2 N–H and O–H groups in total. The van der Waals surface area contributed by atoms with Crippen LogP contribution in [-0.2, 0) is 9.53 Å². The zero-order valence-corrected chi connectivity index (χ0v) is 11.4. The number of nitrogens with zero attached hydrogens (tertiary/aromatic N) is 1. The van der Waals surface area contributed by atoms with Gasteiger partial charge in [0.05, 0.1) is 6.61 Å². The second kappa shape index (κ2) is 6.36. The van der Waals surface area contributed by atoms with Crippen molar-refractivity contribution in [1.82, 2.24) is 4.90 Å². The van der Waals surface area contributed by atoms with Gasteiger partial charge in [-0.15, -0.1) is 0 Å². The van der Waals surface area contributed by atoms with Crippen LogP contribution < -0.4 is 5.73 Å². The van der Waals surface area contributed by atoms with Gasteiger partial charge in [0.25, 0.3) is 0 Å². The van der Waals surface area contributed by atoms with Crippen LogP contribution in [0.4, 0.5) is 0 Å². The first-order valence-electron chi connectivity index (χ1n) is 6.48. The Morgan fingerprint density at radius 2 is 2.24 bits per heavy atom. The monoisotopic (exact) mass is 242 g/mol. The van der Waals surface area contributed by atoms with E-state index in [1.54, 1.807) is 7.11 Å². The van der Waals surface area contributed by atoms with E-state index in [4.69, 9.17) is 10.5 Å². The summed E-state index contributed by atoms with van der Waals surface area (Å²) in [5.41, 5.74) is 5.64. The molecule has 4 heteroatoms. The Kier molecular flexibility index (Phi) is 5.40. The predicted molar refractivity (Wildman–Crippen MR) is 68.7 cm³/mol. The molecule has 0 saturated carbocycles. The normalized spacial score (nSPS) is 21.6. The van der Waals surface area contributed by atoms with Crippen molar-refractivity contribution in [3.63, 3.8) is 0 Å². The average molecular weight is 242 g/mol. The van der Waals surface area contributed by atoms with Gasteiger partial charge >= 0.3 is 0 Å². The molecule has 1 fully saturated rings. The highest BCUT2D eigenvalue weighted by Crippen LogP contribution is 2.18. The molecule has 1 saturated heterocycles. The van der Waals surface area contributed by atoms with Crippen LogP contribution in [0.5, 0.6) is 0 Å². The van der Waals surface area contributed by atoms with Gasteiger partial charge < -0.3 is 15.4 Å². The lowest BCUT2D eigenvalue weighted by Crippen LogP contribution is -2.42. The summed E-state index contributed by atoms with van der Waals surface area (Å²) in [4.78, 5) is 14.0. The fourth-order valence-corrected chi connectivity index (χ4v) is 2.25. The second-order valence-electron chi connectivity index (χ2n) is 5.79. The Morgan fingerprint density at radius 3 is 2.82 bits per heavy atom. The lowest BCUT2D eigenvalue weighted by Gasteiger charge is -2.33. The van der Waals surface area contributed by atoms with Crippen molar-refractivity contribution >= 4 is 5.91 Å². The number of carbonyl (C=O) groups is 1. The van der Waals surface area contributed by atoms with E-state index in [9.17, 15) is 4.79 Å². The lowest BCUT2D eigenvalue weighted by atomic mass is 9.96. The van der Waals surface area contributed by atoms with Crippen molar-refractivity contribution in [2.24, 2.45) is 11.7 Å². The Labute approximate surface area is 104 Å². The first-order valence-corrected chi connectivity index (χ1v) is 6.48. The minimum atomic E-state index is -0.253. The van der Waals surface area contributed by atoms with Crippen LogP contribution in [0.1, 0.15) is 39.5 Å². The van der Waals surface area contributed by atoms with Gasteiger partial charge in [0.1, 0.15) is 0 Å². The molecule has 1 rings (SSSR count). The minimum absolute atomic E-state index is 0.240. The molecule has 1 atom stereocenters. The Balaban J connectivity index is 2.36. The minimum Gasteiger partial charge on any atom is -0.384 e. The Morgan fingerprint density at radius 1 is 1.53 bits per heavy atom. The van der Waals surface area contributed by atoms with Crippen molar-refractivity contribution in [3.05, 3.63) is 0 Å². The van der Waals surface area contributed by atoms with Crippen molar-refractivity contribution < 1.29 is 9.53 Å². The van der Waals surface area contributed by atoms with Gasteiger partial charge in [0.2, 0.25) is 5.91 Å². The maximum Gasteiger partial charge on any atom is 0.222 e. The van der Waals surface area contributed by atoms with Gasteiger partial charge in [-0.3, -0.25) is 4.79 Å². The summed E-state index contributed by atoms with van der Waals surface area (Å²) in [6.07, 6.45) is 3.56. The number of rotatable bonds is 5. The largest absolute Gasteiger partial charge is 0.384 e. The molecule has 0 bridgehead atoms. The lowest BCUT2D eigenvalue weighted by molar-refractivity contribution is -0.133. The van der Waals surface area contributed by atoms with Crippen molar-refractivity contribution in [2.75, 3.05) is 26.8 Å². The first kappa shape index (κ1) is 14.5. The third kappa shape index (κ3) is 5.50. The zero-order chi connectivity index (χ0) is 12.9. The van der Waals surface area contributed by atoms with E-state index in [1.165, 1.54) is 6.42 Å². The summed E-state index contributed by atoms with van der Waals surface area (Å²) in [7, 11) is 1.72.